The molecule has 0 spiro atoms. The van der Waals surface area contributed by atoms with Gasteiger partial charge in [0.1, 0.15) is 5.82 Å². The van der Waals surface area contributed by atoms with Crippen LogP contribution >= 0.6 is 27.7 Å². The number of hydrogen-bond donors (Lipinski definition) is 2. The Kier molecular flexibility index (Phi) is 6.12. The fourth-order valence-electron chi connectivity index (χ4n) is 2.45. The van der Waals surface area contributed by atoms with Crippen LogP contribution in [0.1, 0.15) is 18.5 Å². The molecule has 0 bridgehead atoms. The molecule has 0 aliphatic heterocycles. The van der Waals surface area contributed by atoms with Crippen LogP contribution in [0.15, 0.2) is 58.2 Å². The molecular weight excluding hydrogens is 433 g/mol. The highest BCUT2D eigenvalue weighted by Gasteiger charge is 2.16. The van der Waals surface area contributed by atoms with Gasteiger partial charge in [0.25, 0.3) is 0 Å². The predicted octanol–water partition coefficient (Wildman–Crippen LogP) is 3.53. The first-order valence-electron chi connectivity index (χ1n) is 8.08. The van der Waals surface area contributed by atoms with E-state index in [0.717, 1.165) is 15.6 Å². The number of nitrogen functional groups attached to an aromatic ring is 1. The Hall–Kier alpha value is -2.39. The van der Waals surface area contributed by atoms with Crippen LogP contribution in [-0.4, -0.2) is 26.5 Å². The molecule has 9 heteroatoms. The van der Waals surface area contributed by atoms with E-state index in [1.54, 1.807) is 12.1 Å². The van der Waals surface area contributed by atoms with Gasteiger partial charge in [-0.1, -0.05) is 52.0 Å². The lowest BCUT2D eigenvalue weighted by Gasteiger charge is -2.14. The number of nitrogens with one attached hydrogen (secondary N) is 1. The minimum atomic E-state index is -0.309. The summed E-state index contributed by atoms with van der Waals surface area (Å²) in [5.74, 6) is 6.23. The van der Waals surface area contributed by atoms with Crippen LogP contribution in [0.25, 0.3) is 11.4 Å². The molecule has 0 aliphatic carbocycles. The molecular formula is C18H17BrFN5OS. The van der Waals surface area contributed by atoms with Gasteiger partial charge in [0, 0.05) is 10.0 Å². The minimum Gasteiger partial charge on any atom is -0.349 e. The maximum Gasteiger partial charge on any atom is 0.230 e. The quantitative estimate of drug-likeness (QED) is 0.444. The molecule has 27 heavy (non-hydrogen) atoms. The first kappa shape index (κ1) is 19.4. The Labute approximate surface area is 168 Å². The van der Waals surface area contributed by atoms with E-state index >= 15 is 0 Å². The summed E-state index contributed by atoms with van der Waals surface area (Å²) in [6.07, 6.45) is 0. The van der Waals surface area contributed by atoms with E-state index in [9.17, 15) is 9.18 Å². The fourth-order valence-corrected chi connectivity index (χ4v) is 3.58. The van der Waals surface area contributed by atoms with Crippen LogP contribution in [0.2, 0.25) is 0 Å². The number of aromatic nitrogens is 3. The van der Waals surface area contributed by atoms with Gasteiger partial charge >= 0.3 is 0 Å². The van der Waals surface area contributed by atoms with Crippen LogP contribution in [0, 0.1) is 5.82 Å². The van der Waals surface area contributed by atoms with E-state index in [4.69, 9.17) is 5.84 Å². The average molecular weight is 450 g/mol. The van der Waals surface area contributed by atoms with Gasteiger partial charge < -0.3 is 11.2 Å². The molecule has 3 aromatic rings. The Balaban J connectivity index is 1.61. The van der Waals surface area contributed by atoms with Gasteiger partial charge in [-0.2, -0.15) is 0 Å². The Bertz CT molecular complexity index is 947. The van der Waals surface area contributed by atoms with Crippen LogP contribution in [0.5, 0.6) is 0 Å². The summed E-state index contributed by atoms with van der Waals surface area (Å²) in [5, 5.41) is 11.5. The van der Waals surface area contributed by atoms with Crippen molar-refractivity contribution in [3.63, 3.8) is 0 Å². The smallest absolute Gasteiger partial charge is 0.230 e. The van der Waals surface area contributed by atoms with Gasteiger partial charge in [-0.25, -0.2) is 9.07 Å². The number of carbonyl (C=O) groups is 1. The van der Waals surface area contributed by atoms with Crippen molar-refractivity contribution in [3.8, 4) is 11.4 Å². The second kappa shape index (κ2) is 8.53. The number of hydrogen-bond acceptors (Lipinski definition) is 5. The molecule has 140 valence electrons. The average Bonchev–Trinajstić information content (AvgIpc) is 3.01. The molecule has 0 aliphatic rings. The number of amides is 1. The largest absolute Gasteiger partial charge is 0.349 e. The van der Waals surface area contributed by atoms with Gasteiger partial charge in [-0.3, -0.25) is 4.79 Å². The molecule has 0 unspecified atom stereocenters. The molecule has 0 radical (unpaired) electrons. The third-order valence-electron chi connectivity index (χ3n) is 3.86. The normalized spacial score (nSPS) is 12.0. The second-order valence-corrected chi connectivity index (χ2v) is 7.58. The van der Waals surface area contributed by atoms with Crippen molar-refractivity contribution < 1.29 is 9.18 Å². The number of carbonyl (C=O) groups excluding carboxylic acids is 1. The maximum absolute atomic E-state index is 13.0. The second-order valence-electron chi connectivity index (χ2n) is 5.79. The highest BCUT2D eigenvalue weighted by Crippen LogP contribution is 2.27. The lowest BCUT2D eigenvalue weighted by Crippen LogP contribution is -2.28. The standard InChI is InChI=1S/C18H17BrFN5OS/c1-11(12-6-8-13(20)9-7-12)22-16(26)10-27-18-24-23-17(25(18)21)14-4-2-3-5-15(14)19/h2-9,11H,10,21H2,1H3,(H,22,26)/t11-/m0/s1. The van der Waals surface area contributed by atoms with Crippen molar-refractivity contribution in [1.82, 2.24) is 20.2 Å². The molecule has 3 N–H and O–H groups in total. The molecule has 1 atom stereocenters. The Morgan fingerprint density at radius 2 is 1.96 bits per heavy atom. The van der Waals surface area contributed by atoms with Crippen molar-refractivity contribution in [2.24, 2.45) is 0 Å². The number of thioether (sulfide) groups is 1. The number of benzene rings is 2. The summed E-state index contributed by atoms with van der Waals surface area (Å²) in [6, 6.07) is 13.3. The first-order valence-corrected chi connectivity index (χ1v) is 9.86. The molecule has 3 rings (SSSR count). The summed E-state index contributed by atoms with van der Waals surface area (Å²) in [4.78, 5) is 12.2. The van der Waals surface area contributed by atoms with Gasteiger partial charge in [-0.05, 0) is 36.8 Å². The summed E-state index contributed by atoms with van der Waals surface area (Å²) >= 11 is 4.65. The minimum absolute atomic E-state index is 0.136. The van der Waals surface area contributed by atoms with Crippen LogP contribution < -0.4 is 11.2 Å². The zero-order valence-electron chi connectivity index (χ0n) is 14.4. The monoisotopic (exact) mass is 449 g/mol. The number of nitrogens with two attached hydrogens (primary N) is 1. The maximum atomic E-state index is 13.0. The van der Waals surface area contributed by atoms with Gasteiger partial charge in [0.2, 0.25) is 11.1 Å². The van der Waals surface area contributed by atoms with Crippen LogP contribution in [-0.2, 0) is 4.79 Å². The number of halogens is 2. The van der Waals surface area contributed by atoms with E-state index < -0.39 is 0 Å². The molecule has 1 aromatic heterocycles. The SMILES string of the molecule is C[C@H](NC(=O)CSc1nnc(-c2ccccc2Br)n1N)c1ccc(F)cc1. The molecule has 1 amide bonds. The molecule has 2 aromatic carbocycles. The Morgan fingerprint density at radius 1 is 1.26 bits per heavy atom. The van der Waals surface area contributed by atoms with Crippen molar-refractivity contribution in [3.05, 3.63) is 64.4 Å². The van der Waals surface area contributed by atoms with Crippen LogP contribution in [0.3, 0.4) is 0 Å². The number of rotatable bonds is 6. The predicted molar refractivity (Wildman–Crippen MR) is 107 cm³/mol. The van der Waals surface area contributed by atoms with E-state index in [-0.39, 0.29) is 23.5 Å². The molecule has 0 saturated carbocycles. The summed E-state index contributed by atoms with van der Waals surface area (Å²) < 4.78 is 15.2. The molecule has 6 nitrogen and oxygen atoms in total. The zero-order valence-corrected chi connectivity index (χ0v) is 16.8. The lowest BCUT2D eigenvalue weighted by molar-refractivity contribution is -0.119. The zero-order chi connectivity index (χ0) is 19.4. The van der Waals surface area contributed by atoms with Gasteiger partial charge in [0.15, 0.2) is 5.82 Å². The summed E-state index contributed by atoms with van der Waals surface area (Å²) in [6.45, 7) is 1.84. The third kappa shape index (κ3) is 4.67. The fraction of sp³-hybridized carbons (Fsp3) is 0.167. The van der Waals surface area contributed by atoms with E-state index in [0.29, 0.717) is 11.0 Å². The van der Waals surface area contributed by atoms with Crippen LogP contribution in [0.4, 0.5) is 4.39 Å². The molecule has 0 saturated heterocycles. The van der Waals surface area contributed by atoms with E-state index in [2.05, 4.69) is 31.4 Å². The lowest BCUT2D eigenvalue weighted by atomic mass is 10.1. The first-order chi connectivity index (χ1) is 13.0. The number of nitrogens with zero attached hydrogens (tertiary/aromatic N) is 3. The molecule has 1 heterocycles. The van der Waals surface area contributed by atoms with Crippen molar-refractivity contribution in [1.29, 1.82) is 0 Å². The van der Waals surface area contributed by atoms with E-state index in [1.165, 1.54) is 28.6 Å². The van der Waals surface area contributed by atoms with Gasteiger partial charge in [0.05, 0.1) is 11.8 Å². The topological polar surface area (TPSA) is 85.8 Å². The highest BCUT2D eigenvalue weighted by molar-refractivity contribution is 9.10. The highest BCUT2D eigenvalue weighted by atomic mass is 79.9. The van der Waals surface area contributed by atoms with Crippen molar-refractivity contribution >= 4 is 33.6 Å². The summed E-state index contributed by atoms with van der Waals surface area (Å²) in [7, 11) is 0. The van der Waals surface area contributed by atoms with E-state index in [1.807, 2.05) is 31.2 Å². The molecule has 0 fully saturated rings. The van der Waals surface area contributed by atoms with Gasteiger partial charge in [-0.15, -0.1) is 10.2 Å². The van der Waals surface area contributed by atoms with Crippen molar-refractivity contribution in [2.75, 3.05) is 11.6 Å². The third-order valence-corrected chi connectivity index (χ3v) is 5.49. The van der Waals surface area contributed by atoms with Crippen molar-refractivity contribution in [2.45, 2.75) is 18.1 Å². The Morgan fingerprint density at radius 3 is 2.67 bits per heavy atom. The summed E-state index contributed by atoms with van der Waals surface area (Å²) in [5.41, 5.74) is 1.64.